The standard InChI is InChI=1S/C17H20F3NO3/c1-15(2,3)24-13(22)10-21-14(23)16(7-8-16)11-5-4-6-12(9-11)17(18,19)20/h4-6,9H,7-8,10H2,1-3H3,(H,21,23). The van der Waals surface area contributed by atoms with Crippen molar-refractivity contribution in [1.82, 2.24) is 5.32 Å². The molecule has 1 N–H and O–H groups in total. The summed E-state index contributed by atoms with van der Waals surface area (Å²) in [7, 11) is 0. The Labute approximate surface area is 138 Å². The molecule has 1 fully saturated rings. The van der Waals surface area contributed by atoms with Gasteiger partial charge >= 0.3 is 12.1 Å². The molecule has 0 heterocycles. The Kier molecular flexibility index (Phi) is 4.65. The summed E-state index contributed by atoms with van der Waals surface area (Å²) in [6, 6.07) is 4.77. The van der Waals surface area contributed by atoms with Crippen molar-refractivity contribution >= 4 is 11.9 Å². The minimum atomic E-state index is -4.46. The summed E-state index contributed by atoms with van der Waals surface area (Å²) in [4.78, 5) is 24.0. The van der Waals surface area contributed by atoms with Crippen LogP contribution in [0.5, 0.6) is 0 Å². The quantitative estimate of drug-likeness (QED) is 0.854. The van der Waals surface area contributed by atoms with E-state index in [1.807, 2.05) is 0 Å². The van der Waals surface area contributed by atoms with Crippen molar-refractivity contribution in [2.75, 3.05) is 6.54 Å². The molecule has 0 atom stereocenters. The minimum Gasteiger partial charge on any atom is -0.459 e. The molecule has 132 valence electrons. The van der Waals surface area contributed by atoms with Crippen molar-refractivity contribution in [3.63, 3.8) is 0 Å². The average Bonchev–Trinajstić information content (AvgIpc) is 3.24. The van der Waals surface area contributed by atoms with Crippen molar-refractivity contribution in [3.05, 3.63) is 35.4 Å². The number of esters is 1. The highest BCUT2D eigenvalue weighted by molar-refractivity contribution is 5.93. The van der Waals surface area contributed by atoms with Gasteiger partial charge < -0.3 is 10.1 Å². The first-order valence-corrected chi connectivity index (χ1v) is 7.62. The fraction of sp³-hybridized carbons (Fsp3) is 0.529. The van der Waals surface area contributed by atoms with Crippen molar-refractivity contribution in [2.45, 2.75) is 50.8 Å². The van der Waals surface area contributed by atoms with E-state index in [1.54, 1.807) is 20.8 Å². The Hall–Kier alpha value is -2.05. The third-order valence-corrected chi connectivity index (χ3v) is 3.74. The van der Waals surface area contributed by atoms with Gasteiger partial charge in [0.05, 0.1) is 11.0 Å². The highest BCUT2D eigenvalue weighted by Gasteiger charge is 2.51. The van der Waals surface area contributed by atoms with Crippen LogP contribution in [0.3, 0.4) is 0 Å². The van der Waals surface area contributed by atoms with Gasteiger partial charge in [-0.3, -0.25) is 9.59 Å². The number of carbonyl (C=O) groups excluding carboxylic acids is 2. The highest BCUT2D eigenvalue weighted by Crippen LogP contribution is 2.49. The molecule has 1 aliphatic rings. The van der Waals surface area contributed by atoms with Crippen LogP contribution in [0.4, 0.5) is 13.2 Å². The van der Waals surface area contributed by atoms with Gasteiger partial charge in [0.1, 0.15) is 12.1 Å². The lowest BCUT2D eigenvalue weighted by molar-refractivity contribution is -0.154. The molecule has 0 aromatic heterocycles. The second kappa shape index (κ2) is 6.11. The van der Waals surface area contributed by atoms with Crippen LogP contribution in [0.15, 0.2) is 24.3 Å². The van der Waals surface area contributed by atoms with Crippen LogP contribution in [-0.2, 0) is 25.9 Å². The molecular weight excluding hydrogens is 323 g/mol. The Morgan fingerprint density at radius 2 is 1.83 bits per heavy atom. The zero-order chi connectivity index (χ0) is 18.2. The van der Waals surface area contributed by atoms with Gasteiger partial charge in [0.25, 0.3) is 0 Å². The first-order valence-electron chi connectivity index (χ1n) is 7.62. The van der Waals surface area contributed by atoms with E-state index in [2.05, 4.69) is 5.32 Å². The lowest BCUT2D eigenvalue weighted by atomic mass is 9.93. The fourth-order valence-corrected chi connectivity index (χ4v) is 2.46. The van der Waals surface area contributed by atoms with Gasteiger partial charge in [-0.1, -0.05) is 18.2 Å². The monoisotopic (exact) mass is 343 g/mol. The van der Waals surface area contributed by atoms with Gasteiger partial charge in [0.15, 0.2) is 0 Å². The van der Waals surface area contributed by atoms with Gasteiger partial charge in [-0.15, -0.1) is 0 Å². The predicted octanol–water partition coefficient (Wildman–Crippen LogP) is 3.19. The Balaban J connectivity index is 2.06. The average molecular weight is 343 g/mol. The summed E-state index contributed by atoms with van der Waals surface area (Å²) in [6.07, 6.45) is -3.55. The number of halogens is 3. The van der Waals surface area contributed by atoms with E-state index >= 15 is 0 Å². The number of rotatable bonds is 4. The predicted molar refractivity (Wildman–Crippen MR) is 81.2 cm³/mol. The number of ether oxygens (including phenoxy) is 1. The number of amides is 1. The van der Waals surface area contributed by atoms with E-state index in [1.165, 1.54) is 12.1 Å². The Morgan fingerprint density at radius 3 is 2.33 bits per heavy atom. The van der Waals surface area contributed by atoms with E-state index in [0.29, 0.717) is 18.4 Å². The lowest BCUT2D eigenvalue weighted by Gasteiger charge is -2.21. The van der Waals surface area contributed by atoms with Crippen molar-refractivity contribution in [3.8, 4) is 0 Å². The Morgan fingerprint density at radius 1 is 1.21 bits per heavy atom. The van der Waals surface area contributed by atoms with Crippen molar-refractivity contribution in [1.29, 1.82) is 0 Å². The van der Waals surface area contributed by atoms with Crippen LogP contribution in [0, 0.1) is 0 Å². The molecule has 0 spiro atoms. The molecule has 1 aromatic rings. The second-order valence-corrected chi connectivity index (χ2v) is 6.93. The number of benzene rings is 1. The third kappa shape index (κ3) is 4.27. The number of nitrogens with one attached hydrogen (secondary N) is 1. The summed E-state index contributed by atoms with van der Waals surface area (Å²) in [5.41, 5.74) is -2.12. The molecule has 0 saturated heterocycles. The maximum atomic E-state index is 12.8. The number of hydrogen-bond donors (Lipinski definition) is 1. The van der Waals surface area contributed by atoms with Gasteiger partial charge in [-0.2, -0.15) is 13.2 Å². The summed E-state index contributed by atoms with van der Waals surface area (Å²) < 4.78 is 43.6. The topological polar surface area (TPSA) is 55.4 Å². The highest BCUT2D eigenvalue weighted by atomic mass is 19.4. The SMILES string of the molecule is CC(C)(C)OC(=O)CNC(=O)C1(c2cccc(C(F)(F)F)c2)CC1. The second-order valence-electron chi connectivity index (χ2n) is 6.93. The molecule has 4 nitrogen and oxygen atoms in total. The number of carbonyl (C=O) groups is 2. The molecule has 2 rings (SSSR count). The van der Waals surface area contributed by atoms with E-state index in [4.69, 9.17) is 4.74 Å². The lowest BCUT2D eigenvalue weighted by Crippen LogP contribution is -2.40. The molecular formula is C17H20F3NO3. The van der Waals surface area contributed by atoms with E-state index in [9.17, 15) is 22.8 Å². The molecule has 1 aromatic carbocycles. The maximum Gasteiger partial charge on any atom is 0.416 e. The van der Waals surface area contributed by atoms with Crippen LogP contribution in [0.2, 0.25) is 0 Å². The molecule has 7 heteroatoms. The fourth-order valence-electron chi connectivity index (χ4n) is 2.46. The minimum absolute atomic E-state index is 0.309. The molecule has 1 amide bonds. The first-order chi connectivity index (χ1) is 10.9. The van der Waals surface area contributed by atoms with Crippen molar-refractivity contribution < 1.29 is 27.5 Å². The molecule has 1 saturated carbocycles. The summed E-state index contributed by atoms with van der Waals surface area (Å²) in [5, 5.41) is 2.47. The maximum absolute atomic E-state index is 12.8. The van der Waals surface area contributed by atoms with Crippen LogP contribution >= 0.6 is 0 Å². The van der Waals surface area contributed by atoms with Crippen molar-refractivity contribution in [2.24, 2.45) is 0 Å². The van der Waals surface area contributed by atoms with Gasteiger partial charge in [0, 0.05) is 0 Å². The van der Waals surface area contributed by atoms with E-state index < -0.39 is 34.6 Å². The summed E-state index contributed by atoms with van der Waals surface area (Å²) >= 11 is 0. The normalized spacial score (nSPS) is 16.4. The molecule has 0 bridgehead atoms. The van der Waals surface area contributed by atoms with Gasteiger partial charge in [-0.25, -0.2) is 0 Å². The van der Waals surface area contributed by atoms with Crippen LogP contribution in [-0.4, -0.2) is 24.0 Å². The smallest absolute Gasteiger partial charge is 0.416 e. The van der Waals surface area contributed by atoms with Gasteiger partial charge in [-0.05, 0) is 45.2 Å². The zero-order valence-corrected chi connectivity index (χ0v) is 13.8. The Bertz CT molecular complexity index is 643. The zero-order valence-electron chi connectivity index (χ0n) is 13.8. The number of hydrogen-bond acceptors (Lipinski definition) is 3. The molecule has 0 aliphatic heterocycles. The third-order valence-electron chi connectivity index (χ3n) is 3.74. The van der Waals surface area contributed by atoms with E-state index in [0.717, 1.165) is 12.1 Å². The van der Waals surface area contributed by atoms with Gasteiger partial charge in [0.2, 0.25) is 5.91 Å². The first kappa shape index (κ1) is 18.3. The molecule has 0 unspecified atom stereocenters. The summed E-state index contributed by atoms with van der Waals surface area (Å²) in [6.45, 7) is 4.81. The van der Waals surface area contributed by atoms with Crippen LogP contribution in [0.25, 0.3) is 0 Å². The molecule has 1 aliphatic carbocycles. The largest absolute Gasteiger partial charge is 0.459 e. The van der Waals surface area contributed by atoms with Crippen LogP contribution < -0.4 is 5.32 Å². The summed E-state index contributed by atoms with van der Waals surface area (Å²) in [5.74, 6) is -1.04. The molecule has 0 radical (unpaired) electrons. The molecule has 24 heavy (non-hydrogen) atoms. The van der Waals surface area contributed by atoms with Crippen LogP contribution in [0.1, 0.15) is 44.7 Å². The van der Waals surface area contributed by atoms with E-state index in [-0.39, 0.29) is 6.54 Å². The number of alkyl halides is 3.